The van der Waals surface area contributed by atoms with Gasteiger partial charge in [-0.2, -0.15) is 11.8 Å². The number of hydrogen-bond acceptors (Lipinski definition) is 4. The van der Waals surface area contributed by atoms with E-state index in [1.165, 1.54) is 12.1 Å². The number of amides is 1. The first-order chi connectivity index (χ1) is 16.3. The molecule has 0 aliphatic heterocycles. The molecule has 3 rings (SSSR count). The molecule has 0 unspecified atom stereocenters. The molecular weight excluding hydrogens is 511 g/mol. The van der Waals surface area contributed by atoms with Gasteiger partial charge in [-0.15, -0.1) is 0 Å². The van der Waals surface area contributed by atoms with Crippen LogP contribution in [-0.4, -0.2) is 33.2 Å². The first-order valence-corrected chi connectivity index (χ1v) is 14.1. The summed E-state index contributed by atoms with van der Waals surface area (Å²) in [5, 5.41) is 4.01. The van der Waals surface area contributed by atoms with Crippen LogP contribution in [0.5, 0.6) is 0 Å². The summed E-state index contributed by atoms with van der Waals surface area (Å²) in [7, 11) is -3.97. The zero-order chi connectivity index (χ0) is 24.6. The van der Waals surface area contributed by atoms with E-state index in [1.54, 1.807) is 55.1 Å². The summed E-state index contributed by atoms with van der Waals surface area (Å²) in [6, 6.07) is 20.8. The standard InChI is InChI=1S/C25H26Cl2N2O3S2/c1-19-22(26)13-7-14-24(19)29(34(31,32)21-10-3-2-4-11-21)17-25(30)28-15-8-16-33-18-20-9-5-6-12-23(20)27/h2-7,9-14H,8,15-18H2,1H3,(H,28,30). The Morgan fingerprint density at radius 3 is 2.35 bits per heavy atom. The third-order valence-electron chi connectivity index (χ3n) is 5.13. The first kappa shape index (κ1) is 26.4. The Hall–Kier alpha value is -2.19. The van der Waals surface area contributed by atoms with Crippen molar-refractivity contribution in [3.8, 4) is 0 Å². The van der Waals surface area contributed by atoms with Gasteiger partial charge in [0.25, 0.3) is 10.0 Å². The van der Waals surface area contributed by atoms with Crippen LogP contribution in [0.3, 0.4) is 0 Å². The number of carbonyl (C=O) groups is 1. The summed E-state index contributed by atoms with van der Waals surface area (Å²) < 4.78 is 27.9. The third kappa shape index (κ3) is 6.92. The molecule has 0 saturated heterocycles. The fourth-order valence-corrected chi connectivity index (χ4v) is 6.19. The zero-order valence-electron chi connectivity index (χ0n) is 18.7. The van der Waals surface area contributed by atoms with Crippen molar-refractivity contribution in [1.29, 1.82) is 0 Å². The number of rotatable bonds is 11. The second-order valence-electron chi connectivity index (χ2n) is 7.56. The Morgan fingerprint density at radius 1 is 0.941 bits per heavy atom. The van der Waals surface area contributed by atoms with Gasteiger partial charge in [0.05, 0.1) is 10.6 Å². The van der Waals surface area contributed by atoms with E-state index in [4.69, 9.17) is 23.2 Å². The number of carbonyl (C=O) groups excluding carboxylic acids is 1. The molecule has 0 saturated carbocycles. The fourth-order valence-electron chi connectivity index (χ4n) is 3.27. The molecule has 180 valence electrons. The number of hydrogen-bond donors (Lipinski definition) is 1. The molecule has 0 atom stereocenters. The van der Waals surface area contributed by atoms with Crippen molar-refractivity contribution in [3.05, 3.63) is 94.0 Å². The van der Waals surface area contributed by atoms with Crippen LogP contribution in [0.15, 0.2) is 77.7 Å². The lowest BCUT2D eigenvalue weighted by Gasteiger charge is -2.26. The molecule has 34 heavy (non-hydrogen) atoms. The molecule has 5 nitrogen and oxygen atoms in total. The van der Waals surface area contributed by atoms with Crippen LogP contribution in [0.1, 0.15) is 17.5 Å². The minimum absolute atomic E-state index is 0.109. The highest BCUT2D eigenvalue weighted by Crippen LogP contribution is 2.30. The van der Waals surface area contributed by atoms with Gasteiger partial charge in [0.2, 0.25) is 5.91 Å². The van der Waals surface area contributed by atoms with Gasteiger partial charge in [0.1, 0.15) is 6.54 Å². The molecule has 0 aromatic heterocycles. The Labute approximate surface area is 215 Å². The summed E-state index contributed by atoms with van der Waals surface area (Å²) in [5.41, 5.74) is 2.05. The maximum absolute atomic E-state index is 13.4. The third-order valence-corrected chi connectivity index (χ3v) is 8.77. The van der Waals surface area contributed by atoms with Crippen molar-refractivity contribution in [3.63, 3.8) is 0 Å². The Morgan fingerprint density at radius 2 is 1.62 bits per heavy atom. The average Bonchev–Trinajstić information content (AvgIpc) is 2.83. The van der Waals surface area contributed by atoms with Crippen molar-refractivity contribution in [2.75, 3.05) is 23.1 Å². The Kier molecular flexibility index (Phi) is 9.71. The van der Waals surface area contributed by atoms with E-state index < -0.39 is 10.0 Å². The topological polar surface area (TPSA) is 66.5 Å². The van der Waals surface area contributed by atoms with Gasteiger partial charge in [-0.1, -0.05) is 65.7 Å². The molecule has 0 aliphatic rings. The van der Waals surface area contributed by atoms with Crippen LogP contribution < -0.4 is 9.62 Å². The number of nitrogens with one attached hydrogen (secondary N) is 1. The molecule has 0 bridgehead atoms. The van der Waals surface area contributed by atoms with Crippen LogP contribution in [0.25, 0.3) is 0 Å². The molecule has 0 radical (unpaired) electrons. The maximum atomic E-state index is 13.4. The van der Waals surface area contributed by atoms with Crippen molar-refractivity contribution in [2.24, 2.45) is 0 Å². The van der Waals surface area contributed by atoms with Gasteiger partial charge in [-0.3, -0.25) is 9.10 Å². The number of benzene rings is 3. The normalized spacial score (nSPS) is 11.3. The van der Waals surface area contributed by atoms with E-state index in [9.17, 15) is 13.2 Å². The summed E-state index contributed by atoms with van der Waals surface area (Å²) in [6.45, 7) is 1.84. The molecule has 1 N–H and O–H groups in total. The molecule has 0 fully saturated rings. The molecule has 0 aliphatic carbocycles. The van der Waals surface area contributed by atoms with Crippen molar-refractivity contribution in [1.82, 2.24) is 5.32 Å². The maximum Gasteiger partial charge on any atom is 0.264 e. The highest BCUT2D eigenvalue weighted by molar-refractivity contribution is 7.98. The van der Waals surface area contributed by atoms with Gasteiger partial charge < -0.3 is 5.32 Å². The number of halogens is 2. The number of anilines is 1. The minimum atomic E-state index is -3.97. The van der Waals surface area contributed by atoms with E-state index in [-0.39, 0.29) is 17.3 Å². The predicted octanol–water partition coefficient (Wildman–Crippen LogP) is 5.94. The quantitative estimate of drug-likeness (QED) is 0.308. The Balaban J connectivity index is 1.62. The van der Waals surface area contributed by atoms with Gasteiger partial charge in [0, 0.05) is 22.3 Å². The lowest BCUT2D eigenvalue weighted by Crippen LogP contribution is -2.41. The highest BCUT2D eigenvalue weighted by atomic mass is 35.5. The second kappa shape index (κ2) is 12.5. The number of thioether (sulfide) groups is 1. The number of sulfonamides is 1. The zero-order valence-corrected chi connectivity index (χ0v) is 21.9. The smallest absolute Gasteiger partial charge is 0.264 e. The minimum Gasteiger partial charge on any atom is -0.354 e. The molecule has 9 heteroatoms. The summed E-state index contributed by atoms with van der Waals surface area (Å²) in [4.78, 5) is 12.8. The first-order valence-electron chi connectivity index (χ1n) is 10.7. The van der Waals surface area contributed by atoms with E-state index in [2.05, 4.69) is 5.32 Å². The summed E-state index contributed by atoms with van der Waals surface area (Å²) >= 11 is 14.1. The van der Waals surface area contributed by atoms with E-state index in [1.807, 2.05) is 24.3 Å². The van der Waals surface area contributed by atoms with Gasteiger partial charge in [-0.05, 0) is 60.6 Å². The average molecular weight is 538 g/mol. The van der Waals surface area contributed by atoms with Crippen molar-refractivity contribution >= 4 is 56.6 Å². The monoisotopic (exact) mass is 536 g/mol. The van der Waals surface area contributed by atoms with Gasteiger partial charge in [0.15, 0.2) is 0 Å². The lowest BCUT2D eigenvalue weighted by molar-refractivity contribution is -0.119. The van der Waals surface area contributed by atoms with Crippen molar-refractivity contribution in [2.45, 2.75) is 24.0 Å². The molecule has 3 aromatic rings. The largest absolute Gasteiger partial charge is 0.354 e. The Bertz CT molecular complexity index is 1220. The second-order valence-corrected chi connectivity index (χ2v) is 11.3. The summed E-state index contributed by atoms with van der Waals surface area (Å²) in [5.74, 6) is 1.25. The lowest BCUT2D eigenvalue weighted by atomic mass is 10.2. The number of nitrogens with zero attached hydrogens (tertiary/aromatic N) is 1. The summed E-state index contributed by atoms with van der Waals surface area (Å²) in [6.07, 6.45) is 0.752. The van der Waals surface area contributed by atoms with Gasteiger partial charge >= 0.3 is 0 Å². The van der Waals surface area contributed by atoms with E-state index in [0.29, 0.717) is 22.8 Å². The van der Waals surface area contributed by atoms with Crippen molar-refractivity contribution < 1.29 is 13.2 Å². The van der Waals surface area contributed by atoms with Crippen LogP contribution in [0.2, 0.25) is 10.0 Å². The van der Waals surface area contributed by atoms with E-state index >= 15 is 0 Å². The molecule has 3 aromatic carbocycles. The van der Waals surface area contributed by atoms with Crippen LogP contribution in [0, 0.1) is 6.92 Å². The van der Waals surface area contributed by atoms with Crippen LogP contribution in [-0.2, 0) is 20.6 Å². The van der Waals surface area contributed by atoms with E-state index in [0.717, 1.165) is 32.8 Å². The molecule has 0 heterocycles. The fraction of sp³-hybridized carbons (Fsp3) is 0.240. The van der Waals surface area contributed by atoms with Crippen LogP contribution in [0.4, 0.5) is 5.69 Å². The molecular formula is C25H26Cl2N2O3S2. The van der Waals surface area contributed by atoms with Gasteiger partial charge in [-0.25, -0.2) is 8.42 Å². The molecule has 1 amide bonds. The highest BCUT2D eigenvalue weighted by Gasteiger charge is 2.28. The van der Waals surface area contributed by atoms with Crippen LogP contribution >= 0.6 is 35.0 Å². The predicted molar refractivity (Wildman–Crippen MR) is 142 cm³/mol. The SMILES string of the molecule is Cc1c(Cl)cccc1N(CC(=O)NCCCSCc1ccccc1Cl)S(=O)(=O)c1ccccc1. The molecule has 0 spiro atoms.